The third-order valence-electron chi connectivity index (χ3n) is 9.51. The molecule has 2 heteroatoms. The second kappa shape index (κ2) is 13.0. The van der Waals surface area contributed by atoms with E-state index in [-0.39, 0.29) is 0 Å². The predicted octanol–water partition coefficient (Wildman–Crippen LogP) is 14.2. The summed E-state index contributed by atoms with van der Waals surface area (Å²) < 4.78 is 2.57. The average molecular weight is 656 g/mol. The summed E-state index contributed by atoms with van der Waals surface area (Å²) in [4.78, 5) is 2.48. The summed E-state index contributed by atoms with van der Waals surface area (Å²) in [5, 5.41) is 2.57. The molecular weight excluding hydrogens is 623 g/mol. The quantitative estimate of drug-likeness (QED) is 0.165. The first-order valence-corrected chi connectivity index (χ1v) is 17.8. The van der Waals surface area contributed by atoms with Crippen LogP contribution in [0.2, 0.25) is 0 Å². The molecule has 0 N–H and O–H groups in total. The van der Waals surface area contributed by atoms with Gasteiger partial charge in [0, 0.05) is 26.7 Å². The van der Waals surface area contributed by atoms with Crippen molar-refractivity contribution in [3.05, 3.63) is 200 Å². The van der Waals surface area contributed by atoms with Crippen LogP contribution in [0.15, 0.2) is 200 Å². The fourth-order valence-corrected chi connectivity index (χ4v) is 8.39. The highest BCUT2D eigenvalue weighted by Crippen LogP contribution is 2.50. The molecule has 0 radical (unpaired) electrons. The van der Waals surface area contributed by atoms with Crippen LogP contribution in [0.4, 0.5) is 17.1 Å². The molecule has 1 heterocycles. The predicted molar refractivity (Wildman–Crippen MR) is 216 cm³/mol. The Morgan fingerprint density at radius 1 is 0.320 bits per heavy atom. The molecule has 0 spiro atoms. The third kappa shape index (κ3) is 5.37. The summed E-state index contributed by atoms with van der Waals surface area (Å²) >= 11 is 1.87. The van der Waals surface area contributed by atoms with Gasteiger partial charge in [-0.25, -0.2) is 0 Å². The minimum absolute atomic E-state index is 1.11. The van der Waals surface area contributed by atoms with Gasteiger partial charge in [-0.2, -0.15) is 0 Å². The zero-order chi connectivity index (χ0) is 33.3. The Labute approximate surface area is 297 Å². The van der Waals surface area contributed by atoms with E-state index in [2.05, 4.69) is 205 Å². The van der Waals surface area contributed by atoms with Crippen LogP contribution in [0.3, 0.4) is 0 Å². The van der Waals surface area contributed by atoms with Crippen molar-refractivity contribution in [2.24, 2.45) is 0 Å². The number of hydrogen-bond donors (Lipinski definition) is 0. The van der Waals surface area contributed by atoms with Crippen LogP contribution in [0.5, 0.6) is 0 Å². The van der Waals surface area contributed by atoms with Gasteiger partial charge in [-0.15, -0.1) is 11.3 Å². The maximum atomic E-state index is 2.48. The Bertz CT molecular complexity index is 2570. The summed E-state index contributed by atoms with van der Waals surface area (Å²) in [6, 6.07) is 72.4. The monoisotopic (exact) mass is 655 g/mol. The number of benzene rings is 8. The first-order valence-electron chi connectivity index (χ1n) is 17.0. The van der Waals surface area contributed by atoms with Crippen molar-refractivity contribution in [3.63, 3.8) is 0 Å². The molecule has 0 fully saturated rings. The van der Waals surface area contributed by atoms with Crippen molar-refractivity contribution >= 4 is 48.6 Å². The SMILES string of the molecule is c1ccc(-c2ccc(N(c3cccc(-c4ccccc4)c3-c3ccccc3-c3ccccc3)c3cccc4c3sc3ccccc34)cc2)cc1. The van der Waals surface area contributed by atoms with Gasteiger partial charge in [-0.05, 0) is 69.3 Å². The van der Waals surface area contributed by atoms with Gasteiger partial charge in [0.25, 0.3) is 0 Å². The molecule has 0 aliphatic carbocycles. The summed E-state index contributed by atoms with van der Waals surface area (Å²) in [6.45, 7) is 0. The first-order chi connectivity index (χ1) is 24.8. The molecule has 0 atom stereocenters. The normalized spacial score (nSPS) is 11.2. The van der Waals surface area contributed by atoms with Crippen LogP contribution in [-0.2, 0) is 0 Å². The summed E-state index contributed by atoms with van der Waals surface area (Å²) in [5.41, 5.74) is 13.0. The zero-order valence-corrected chi connectivity index (χ0v) is 28.2. The summed E-state index contributed by atoms with van der Waals surface area (Å²) in [5.74, 6) is 0. The van der Waals surface area contributed by atoms with Crippen molar-refractivity contribution in [2.75, 3.05) is 4.90 Å². The topological polar surface area (TPSA) is 3.24 Å². The Kier molecular flexibility index (Phi) is 7.77. The number of hydrogen-bond acceptors (Lipinski definition) is 2. The Morgan fingerprint density at radius 3 is 1.54 bits per heavy atom. The van der Waals surface area contributed by atoms with E-state index in [1.807, 2.05) is 11.3 Å². The van der Waals surface area contributed by atoms with Crippen molar-refractivity contribution in [1.29, 1.82) is 0 Å². The molecule has 9 aromatic rings. The van der Waals surface area contributed by atoms with Crippen LogP contribution in [-0.4, -0.2) is 0 Å². The Hall–Kier alpha value is -6.22. The van der Waals surface area contributed by atoms with E-state index in [4.69, 9.17) is 0 Å². The lowest BCUT2D eigenvalue weighted by Crippen LogP contribution is -2.12. The lowest BCUT2D eigenvalue weighted by atomic mass is 9.87. The number of nitrogens with zero attached hydrogens (tertiary/aromatic N) is 1. The van der Waals surface area contributed by atoms with Crippen LogP contribution in [0.25, 0.3) is 64.7 Å². The molecule has 50 heavy (non-hydrogen) atoms. The highest BCUT2D eigenvalue weighted by molar-refractivity contribution is 7.26. The van der Waals surface area contributed by atoms with Gasteiger partial charge in [0.05, 0.1) is 16.1 Å². The summed E-state index contributed by atoms with van der Waals surface area (Å²) in [7, 11) is 0. The van der Waals surface area contributed by atoms with E-state index in [0.717, 1.165) is 11.4 Å². The van der Waals surface area contributed by atoms with Crippen molar-refractivity contribution < 1.29 is 0 Å². The van der Waals surface area contributed by atoms with E-state index in [0.29, 0.717) is 0 Å². The highest BCUT2D eigenvalue weighted by atomic mass is 32.1. The van der Waals surface area contributed by atoms with Gasteiger partial charge in [0.2, 0.25) is 0 Å². The van der Waals surface area contributed by atoms with Crippen LogP contribution in [0, 0.1) is 0 Å². The van der Waals surface area contributed by atoms with Crippen LogP contribution in [0.1, 0.15) is 0 Å². The minimum atomic E-state index is 1.11. The van der Waals surface area contributed by atoms with Gasteiger partial charge >= 0.3 is 0 Å². The van der Waals surface area contributed by atoms with Gasteiger partial charge in [-0.1, -0.05) is 170 Å². The second-order valence-electron chi connectivity index (χ2n) is 12.5. The third-order valence-corrected chi connectivity index (χ3v) is 10.7. The van der Waals surface area contributed by atoms with Crippen molar-refractivity contribution in [3.8, 4) is 44.5 Å². The van der Waals surface area contributed by atoms with E-state index in [1.54, 1.807) is 0 Å². The van der Waals surface area contributed by atoms with E-state index >= 15 is 0 Å². The number of thiophene rings is 1. The largest absolute Gasteiger partial charge is 0.308 e. The zero-order valence-electron chi connectivity index (χ0n) is 27.4. The van der Waals surface area contributed by atoms with E-state index in [9.17, 15) is 0 Å². The first kappa shape index (κ1) is 29.9. The molecule has 8 aromatic carbocycles. The van der Waals surface area contributed by atoms with Crippen molar-refractivity contribution in [1.82, 2.24) is 0 Å². The molecule has 1 nitrogen and oxygen atoms in total. The lowest BCUT2D eigenvalue weighted by Gasteiger charge is -2.30. The van der Waals surface area contributed by atoms with E-state index < -0.39 is 0 Å². The van der Waals surface area contributed by atoms with Crippen LogP contribution < -0.4 is 4.90 Å². The molecule has 236 valence electrons. The Morgan fingerprint density at radius 2 is 0.820 bits per heavy atom. The standard InChI is InChI=1S/C48H33NS/c1-4-16-34(17-5-1)35-30-32-38(33-31-35)49(45-28-15-26-43-41-23-12-13-29-46(41)50-48(43)45)44-27-14-25-40(37-20-8-3-9-21-37)47(44)42-24-11-10-22-39(42)36-18-6-2-7-19-36/h1-33H. The fraction of sp³-hybridized carbons (Fsp3) is 0. The number of anilines is 3. The molecule has 0 unspecified atom stereocenters. The Balaban J connectivity index is 1.36. The molecular formula is C48H33NS. The number of fused-ring (bicyclic) bond motifs is 3. The van der Waals surface area contributed by atoms with Gasteiger partial charge < -0.3 is 4.90 Å². The summed E-state index contributed by atoms with van der Waals surface area (Å²) in [6.07, 6.45) is 0. The fourth-order valence-electron chi connectivity index (χ4n) is 7.19. The maximum Gasteiger partial charge on any atom is 0.0640 e. The van der Waals surface area contributed by atoms with Gasteiger partial charge in [0.1, 0.15) is 0 Å². The van der Waals surface area contributed by atoms with E-state index in [1.165, 1.54) is 70.4 Å². The molecule has 0 amide bonds. The average Bonchev–Trinajstić information content (AvgIpc) is 3.59. The van der Waals surface area contributed by atoms with Gasteiger partial charge in [-0.3, -0.25) is 0 Å². The molecule has 1 aromatic heterocycles. The minimum Gasteiger partial charge on any atom is -0.308 e. The lowest BCUT2D eigenvalue weighted by molar-refractivity contribution is 1.30. The van der Waals surface area contributed by atoms with Crippen molar-refractivity contribution in [2.45, 2.75) is 0 Å². The second-order valence-corrected chi connectivity index (χ2v) is 13.5. The highest BCUT2D eigenvalue weighted by Gasteiger charge is 2.24. The molecule has 0 saturated carbocycles. The molecule has 9 rings (SSSR count). The molecule has 0 bridgehead atoms. The van der Waals surface area contributed by atoms with Crippen LogP contribution >= 0.6 is 11.3 Å². The molecule has 0 aliphatic rings. The number of rotatable bonds is 7. The maximum absolute atomic E-state index is 2.48. The molecule has 0 aliphatic heterocycles. The molecule has 0 saturated heterocycles. The smallest absolute Gasteiger partial charge is 0.0640 e. The van der Waals surface area contributed by atoms with Gasteiger partial charge in [0.15, 0.2) is 0 Å².